The predicted molar refractivity (Wildman–Crippen MR) is 77.6 cm³/mol. The Labute approximate surface area is 129 Å². The van der Waals surface area contributed by atoms with Crippen molar-refractivity contribution in [3.8, 4) is 11.1 Å². The maximum absolute atomic E-state index is 12.9. The Morgan fingerprint density at radius 2 is 2.04 bits per heavy atom. The number of aryl methyl sites for hydroxylation is 1. The first-order chi connectivity index (χ1) is 10.8. The molecule has 0 saturated heterocycles. The van der Waals surface area contributed by atoms with Crippen LogP contribution in [-0.4, -0.2) is 17.3 Å². The van der Waals surface area contributed by atoms with E-state index in [4.69, 9.17) is 5.73 Å². The average Bonchev–Trinajstić information content (AvgIpc) is 2.46. The van der Waals surface area contributed by atoms with Crippen LogP contribution in [0.2, 0.25) is 0 Å². The molecule has 0 bridgehead atoms. The molecule has 0 aliphatic rings. The van der Waals surface area contributed by atoms with Crippen LogP contribution in [-0.2, 0) is 11.0 Å². The minimum atomic E-state index is -4.63. The highest BCUT2D eigenvalue weighted by Crippen LogP contribution is 2.37. The van der Waals surface area contributed by atoms with E-state index in [0.717, 1.165) is 6.07 Å². The normalized spacial score (nSPS) is 11.1. The summed E-state index contributed by atoms with van der Waals surface area (Å²) in [4.78, 5) is 25.8. The molecule has 0 radical (unpaired) electrons. The predicted octanol–water partition coefficient (Wildman–Crippen LogP) is 2.74. The van der Waals surface area contributed by atoms with Gasteiger partial charge < -0.3 is 11.1 Å². The molecule has 8 heteroatoms. The lowest BCUT2D eigenvalue weighted by atomic mass is 9.95. The van der Waals surface area contributed by atoms with Gasteiger partial charge in [0.1, 0.15) is 5.69 Å². The number of nitrogens with two attached hydrogens (primary N) is 1. The number of carbonyl (C=O) groups is 2. The van der Waals surface area contributed by atoms with Crippen LogP contribution < -0.4 is 11.1 Å². The molecule has 0 atom stereocenters. The highest BCUT2D eigenvalue weighted by molar-refractivity contribution is 6.01. The van der Waals surface area contributed by atoms with E-state index in [-0.39, 0.29) is 22.5 Å². The molecule has 0 spiro atoms. The van der Waals surface area contributed by atoms with E-state index in [1.165, 1.54) is 6.07 Å². The molecule has 0 fully saturated rings. The lowest BCUT2D eigenvalue weighted by Crippen LogP contribution is -2.17. The number of amides is 2. The fourth-order valence-electron chi connectivity index (χ4n) is 2.22. The second kappa shape index (κ2) is 6.07. The van der Waals surface area contributed by atoms with Gasteiger partial charge in [0.15, 0.2) is 0 Å². The van der Waals surface area contributed by atoms with Crippen molar-refractivity contribution in [1.82, 2.24) is 4.98 Å². The number of nitrogens with zero attached hydrogens (tertiary/aromatic N) is 1. The number of carbonyl (C=O) groups excluding carboxylic acids is 2. The van der Waals surface area contributed by atoms with Crippen LogP contribution >= 0.6 is 0 Å². The second-order valence-corrected chi connectivity index (χ2v) is 4.74. The number of nitrogens with one attached hydrogen (secondary N) is 1. The third-order valence-electron chi connectivity index (χ3n) is 3.20. The Balaban J connectivity index is 2.80. The Bertz CT molecular complexity index is 773. The van der Waals surface area contributed by atoms with Crippen molar-refractivity contribution in [3.05, 3.63) is 47.3 Å². The van der Waals surface area contributed by atoms with Crippen LogP contribution in [0.15, 0.2) is 30.5 Å². The van der Waals surface area contributed by atoms with E-state index in [9.17, 15) is 22.8 Å². The summed E-state index contributed by atoms with van der Waals surface area (Å²) in [6.45, 7) is 1.64. The molecule has 2 rings (SSSR count). The van der Waals surface area contributed by atoms with Crippen molar-refractivity contribution in [2.75, 3.05) is 5.32 Å². The number of halogens is 3. The van der Waals surface area contributed by atoms with Crippen molar-refractivity contribution in [1.29, 1.82) is 0 Å². The van der Waals surface area contributed by atoms with Crippen molar-refractivity contribution in [2.24, 2.45) is 5.73 Å². The van der Waals surface area contributed by atoms with Gasteiger partial charge >= 0.3 is 6.18 Å². The van der Waals surface area contributed by atoms with Crippen LogP contribution in [0.5, 0.6) is 0 Å². The molecular formula is C15H12F3N3O2. The van der Waals surface area contributed by atoms with Crippen LogP contribution in [0.25, 0.3) is 11.1 Å². The van der Waals surface area contributed by atoms with E-state index in [2.05, 4.69) is 10.3 Å². The van der Waals surface area contributed by atoms with E-state index in [1.807, 2.05) is 0 Å². The second-order valence-electron chi connectivity index (χ2n) is 4.74. The topological polar surface area (TPSA) is 85.1 Å². The summed E-state index contributed by atoms with van der Waals surface area (Å²) in [5.74, 6) is -0.964. The van der Waals surface area contributed by atoms with Crippen LogP contribution in [0, 0.1) is 6.92 Å². The number of aromatic nitrogens is 1. The zero-order valence-electron chi connectivity index (χ0n) is 11.9. The van der Waals surface area contributed by atoms with Crippen LogP contribution in [0.1, 0.15) is 21.6 Å². The summed E-state index contributed by atoms with van der Waals surface area (Å²) >= 11 is 0. The Hall–Kier alpha value is -2.90. The van der Waals surface area contributed by atoms with Crippen LogP contribution in [0.3, 0.4) is 0 Å². The number of hydrogen-bond acceptors (Lipinski definition) is 3. The molecule has 0 unspecified atom stereocenters. The van der Waals surface area contributed by atoms with Crippen molar-refractivity contribution >= 4 is 18.0 Å². The number of anilines is 1. The van der Waals surface area contributed by atoms with E-state index >= 15 is 0 Å². The van der Waals surface area contributed by atoms with E-state index in [0.29, 0.717) is 18.2 Å². The van der Waals surface area contributed by atoms with Gasteiger partial charge in [-0.25, -0.2) is 4.98 Å². The van der Waals surface area contributed by atoms with Gasteiger partial charge in [0.05, 0.1) is 5.56 Å². The highest BCUT2D eigenvalue weighted by atomic mass is 19.4. The average molecular weight is 323 g/mol. The van der Waals surface area contributed by atoms with E-state index < -0.39 is 17.6 Å². The number of hydrogen-bond donors (Lipinski definition) is 2. The molecule has 1 aromatic carbocycles. The highest BCUT2D eigenvalue weighted by Gasteiger charge is 2.32. The number of rotatable bonds is 4. The maximum atomic E-state index is 12.9. The van der Waals surface area contributed by atoms with Gasteiger partial charge in [-0.3, -0.25) is 9.59 Å². The number of primary amides is 1. The van der Waals surface area contributed by atoms with Crippen molar-refractivity contribution in [3.63, 3.8) is 0 Å². The first-order valence-corrected chi connectivity index (χ1v) is 6.43. The fourth-order valence-corrected chi connectivity index (χ4v) is 2.22. The van der Waals surface area contributed by atoms with Gasteiger partial charge in [-0.1, -0.05) is 12.1 Å². The molecule has 120 valence electrons. The van der Waals surface area contributed by atoms with Gasteiger partial charge in [0.2, 0.25) is 6.41 Å². The summed E-state index contributed by atoms with van der Waals surface area (Å²) in [6.07, 6.45) is -3.68. The smallest absolute Gasteiger partial charge is 0.364 e. The molecule has 3 N–H and O–H groups in total. The Morgan fingerprint density at radius 3 is 2.61 bits per heavy atom. The van der Waals surface area contributed by atoms with Gasteiger partial charge in [0.25, 0.3) is 5.91 Å². The summed E-state index contributed by atoms with van der Waals surface area (Å²) in [5.41, 5.74) is 4.87. The zero-order valence-corrected chi connectivity index (χ0v) is 11.9. The lowest BCUT2D eigenvalue weighted by molar-refractivity contribution is -0.137. The van der Waals surface area contributed by atoms with Gasteiger partial charge in [-0.15, -0.1) is 0 Å². The lowest BCUT2D eigenvalue weighted by Gasteiger charge is -2.16. The fraction of sp³-hybridized carbons (Fsp3) is 0.133. The summed E-state index contributed by atoms with van der Waals surface area (Å²) in [7, 11) is 0. The molecule has 1 aromatic heterocycles. The van der Waals surface area contributed by atoms with Gasteiger partial charge in [-0.2, -0.15) is 13.2 Å². The molecule has 1 heterocycles. The first-order valence-electron chi connectivity index (χ1n) is 6.43. The Kier molecular flexibility index (Phi) is 4.35. The third-order valence-corrected chi connectivity index (χ3v) is 3.20. The quantitative estimate of drug-likeness (QED) is 0.848. The summed E-state index contributed by atoms with van der Waals surface area (Å²) in [6, 6.07) is 5.55. The van der Waals surface area contributed by atoms with Gasteiger partial charge in [-0.05, 0) is 24.6 Å². The maximum Gasteiger partial charge on any atom is 0.417 e. The molecule has 0 saturated carbocycles. The molecular weight excluding hydrogens is 311 g/mol. The minimum Gasteiger partial charge on any atom is -0.364 e. The van der Waals surface area contributed by atoms with E-state index in [1.54, 1.807) is 19.1 Å². The molecule has 5 nitrogen and oxygen atoms in total. The minimum absolute atomic E-state index is 0.0882. The summed E-state index contributed by atoms with van der Waals surface area (Å²) in [5, 5.41) is 2.40. The first kappa shape index (κ1) is 16.5. The number of benzene rings is 1. The number of alkyl halides is 3. The monoisotopic (exact) mass is 323 g/mol. The molecule has 23 heavy (non-hydrogen) atoms. The molecule has 0 aliphatic carbocycles. The van der Waals surface area contributed by atoms with Crippen molar-refractivity contribution in [2.45, 2.75) is 13.1 Å². The van der Waals surface area contributed by atoms with Crippen molar-refractivity contribution < 1.29 is 22.8 Å². The van der Waals surface area contributed by atoms with Gasteiger partial charge in [0, 0.05) is 23.0 Å². The number of pyridine rings is 1. The molecule has 0 aliphatic heterocycles. The van der Waals surface area contributed by atoms with Crippen LogP contribution in [0.4, 0.5) is 18.9 Å². The largest absolute Gasteiger partial charge is 0.417 e. The molecule has 2 amide bonds. The third kappa shape index (κ3) is 3.31. The molecule has 2 aromatic rings. The Morgan fingerprint density at radius 1 is 1.35 bits per heavy atom. The standard InChI is InChI=1S/C15H12F3N3O2/c1-8-3-2-4-11(21-7-22)12(8)10-5-9(15(16,17)18)6-20-13(10)14(19)23/h2-7H,1H3,(H2,19,23)(H,21,22). The summed E-state index contributed by atoms with van der Waals surface area (Å²) < 4.78 is 38.8. The zero-order chi connectivity index (χ0) is 17.2. The SMILES string of the molecule is Cc1cccc(NC=O)c1-c1cc(C(F)(F)F)cnc1C(N)=O.